The number of rotatable bonds is 6. The Bertz CT molecular complexity index is 373. The molecule has 0 aliphatic rings. The van der Waals surface area contributed by atoms with E-state index < -0.39 is 0 Å². The molecule has 1 unspecified atom stereocenters. The molecular weight excluding hydrogens is 212 g/mol. The van der Waals surface area contributed by atoms with Gasteiger partial charge in [0.1, 0.15) is 0 Å². The van der Waals surface area contributed by atoms with Gasteiger partial charge in [-0.2, -0.15) is 0 Å². The van der Waals surface area contributed by atoms with Gasteiger partial charge in [0.2, 0.25) is 5.91 Å². The molecule has 17 heavy (non-hydrogen) atoms. The average Bonchev–Trinajstić information content (AvgIpc) is 2.34. The Morgan fingerprint density at radius 2 is 2.00 bits per heavy atom. The highest BCUT2D eigenvalue weighted by atomic mass is 16.1. The van der Waals surface area contributed by atoms with Gasteiger partial charge >= 0.3 is 0 Å². The Hall–Kier alpha value is -1.61. The van der Waals surface area contributed by atoms with E-state index in [0.29, 0.717) is 12.1 Å². The summed E-state index contributed by atoms with van der Waals surface area (Å²) in [5.41, 5.74) is 1.78. The first kappa shape index (κ1) is 13.5. The third kappa shape index (κ3) is 5.31. The predicted octanol–water partition coefficient (Wildman–Crippen LogP) is 1.86. The molecule has 0 aliphatic heterocycles. The van der Waals surface area contributed by atoms with E-state index in [1.165, 1.54) is 5.56 Å². The smallest absolute Gasteiger partial charge is 0.246 e. The van der Waals surface area contributed by atoms with Gasteiger partial charge in [0.15, 0.2) is 0 Å². The van der Waals surface area contributed by atoms with Crippen LogP contribution < -0.4 is 10.6 Å². The predicted molar refractivity (Wildman–Crippen MR) is 70.6 cm³/mol. The van der Waals surface area contributed by atoms with Crippen LogP contribution in [0.2, 0.25) is 0 Å². The Balaban J connectivity index is 2.24. The van der Waals surface area contributed by atoms with Crippen molar-refractivity contribution in [3.8, 4) is 0 Å². The van der Waals surface area contributed by atoms with Crippen molar-refractivity contribution in [1.29, 1.82) is 0 Å². The summed E-state index contributed by atoms with van der Waals surface area (Å²) in [6.07, 6.45) is 0. The van der Waals surface area contributed by atoms with Crippen LogP contribution in [0.1, 0.15) is 19.4 Å². The molecule has 92 valence electrons. The fourth-order valence-electron chi connectivity index (χ4n) is 1.36. The lowest BCUT2D eigenvalue weighted by Gasteiger charge is -2.14. The molecule has 0 saturated carbocycles. The summed E-state index contributed by atoms with van der Waals surface area (Å²) in [4.78, 5) is 11.3. The first-order chi connectivity index (χ1) is 8.09. The van der Waals surface area contributed by atoms with Crippen molar-refractivity contribution < 1.29 is 4.79 Å². The standard InChI is InChI=1S/C14H20N2O/c1-11(2)14(17)16-9-12(3)15-10-13-7-5-4-6-8-13/h4-8,12,15H,1,9-10H2,2-3H3,(H,16,17). The lowest BCUT2D eigenvalue weighted by Crippen LogP contribution is -2.38. The van der Waals surface area contributed by atoms with Crippen LogP contribution >= 0.6 is 0 Å². The van der Waals surface area contributed by atoms with Crippen molar-refractivity contribution in [1.82, 2.24) is 10.6 Å². The molecule has 3 heteroatoms. The SMILES string of the molecule is C=C(C)C(=O)NCC(C)NCc1ccccc1. The van der Waals surface area contributed by atoms with Crippen LogP contribution in [-0.2, 0) is 11.3 Å². The summed E-state index contributed by atoms with van der Waals surface area (Å²) in [5.74, 6) is -0.0849. The zero-order valence-electron chi connectivity index (χ0n) is 10.5. The van der Waals surface area contributed by atoms with Crippen LogP contribution in [0.3, 0.4) is 0 Å². The third-order valence-corrected chi connectivity index (χ3v) is 2.45. The van der Waals surface area contributed by atoms with E-state index in [2.05, 4.69) is 29.3 Å². The highest BCUT2D eigenvalue weighted by Crippen LogP contribution is 1.98. The van der Waals surface area contributed by atoms with Crippen molar-refractivity contribution in [3.63, 3.8) is 0 Å². The Labute approximate surface area is 103 Å². The van der Waals surface area contributed by atoms with Crippen LogP contribution in [0.15, 0.2) is 42.5 Å². The topological polar surface area (TPSA) is 41.1 Å². The minimum absolute atomic E-state index is 0.0849. The molecule has 1 atom stereocenters. The largest absolute Gasteiger partial charge is 0.351 e. The second-order valence-electron chi connectivity index (χ2n) is 4.26. The summed E-state index contributed by atoms with van der Waals surface area (Å²) < 4.78 is 0. The van der Waals surface area contributed by atoms with Gasteiger partial charge in [0, 0.05) is 24.7 Å². The summed E-state index contributed by atoms with van der Waals surface area (Å²) in [5, 5.41) is 6.17. The van der Waals surface area contributed by atoms with E-state index in [1.54, 1.807) is 6.92 Å². The number of nitrogens with one attached hydrogen (secondary N) is 2. The minimum Gasteiger partial charge on any atom is -0.351 e. The quantitative estimate of drug-likeness (QED) is 0.735. The molecule has 1 amide bonds. The van der Waals surface area contributed by atoms with Gasteiger partial charge in [0.25, 0.3) is 0 Å². The van der Waals surface area contributed by atoms with Gasteiger partial charge in [0.05, 0.1) is 0 Å². The molecule has 0 heterocycles. The number of hydrogen-bond donors (Lipinski definition) is 2. The van der Waals surface area contributed by atoms with Crippen molar-refractivity contribution in [2.45, 2.75) is 26.4 Å². The van der Waals surface area contributed by atoms with Gasteiger partial charge in [-0.05, 0) is 19.4 Å². The third-order valence-electron chi connectivity index (χ3n) is 2.45. The molecule has 0 fully saturated rings. The van der Waals surface area contributed by atoms with Gasteiger partial charge < -0.3 is 10.6 Å². The lowest BCUT2D eigenvalue weighted by molar-refractivity contribution is -0.117. The highest BCUT2D eigenvalue weighted by molar-refractivity contribution is 5.92. The van der Waals surface area contributed by atoms with E-state index in [-0.39, 0.29) is 11.9 Å². The first-order valence-electron chi connectivity index (χ1n) is 5.80. The molecule has 0 bridgehead atoms. The Morgan fingerprint density at radius 3 is 2.59 bits per heavy atom. The zero-order valence-corrected chi connectivity index (χ0v) is 10.5. The van der Waals surface area contributed by atoms with E-state index in [9.17, 15) is 4.79 Å². The van der Waals surface area contributed by atoms with Crippen LogP contribution in [0.4, 0.5) is 0 Å². The second-order valence-corrected chi connectivity index (χ2v) is 4.26. The van der Waals surface area contributed by atoms with Gasteiger partial charge in [-0.3, -0.25) is 4.79 Å². The molecule has 0 aromatic heterocycles. The number of amides is 1. The molecule has 0 saturated heterocycles. The molecule has 2 N–H and O–H groups in total. The normalized spacial score (nSPS) is 11.9. The molecule has 3 nitrogen and oxygen atoms in total. The highest BCUT2D eigenvalue weighted by Gasteiger charge is 2.05. The van der Waals surface area contributed by atoms with Crippen molar-refractivity contribution in [3.05, 3.63) is 48.0 Å². The summed E-state index contributed by atoms with van der Waals surface area (Å²) in [6.45, 7) is 8.76. The maximum Gasteiger partial charge on any atom is 0.246 e. The van der Waals surface area contributed by atoms with E-state index in [1.807, 2.05) is 25.1 Å². The van der Waals surface area contributed by atoms with Crippen molar-refractivity contribution in [2.24, 2.45) is 0 Å². The van der Waals surface area contributed by atoms with Gasteiger partial charge in [-0.25, -0.2) is 0 Å². The molecule has 0 radical (unpaired) electrons. The van der Waals surface area contributed by atoms with Crippen molar-refractivity contribution >= 4 is 5.91 Å². The van der Waals surface area contributed by atoms with E-state index >= 15 is 0 Å². The van der Waals surface area contributed by atoms with Crippen LogP contribution in [0.5, 0.6) is 0 Å². The summed E-state index contributed by atoms with van der Waals surface area (Å²) >= 11 is 0. The maximum atomic E-state index is 11.3. The zero-order chi connectivity index (χ0) is 12.7. The summed E-state index contributed by atoms with van der Waals surface area (Å²) in [6, 6.07) is 10.4. The maximum absolute atomic E-state index is 11.3. The first-order valence-corrected chi connectivity index (χ1v) is 5.80. The molecule has 1 rings (SSSR count). The van der Waals surface area contributed by atoms with Gasteiger partial charge in [-0.1, -0.05) is 36.9 Å². The molecular formula is C14H20N2O. The molecule has 1 aromatic carbocycles. The van der Waals surface area contributed by atoms with E-state index in [0.717, 1.165) is 6.54 Å². The molecule has 0 spiro atoms. The summed E-state index contributed by atoms with van der Waals surface area (Å²) in [7, 11) is 0. The molecule has 1 aromatic rings. The van der Waals surface area contributed by atoms with Crippen LogP contribution in [0, 0.1) is 0 Å². The average molecular weight is 232 g/mol. The second kappa shape index (κ2) is 6.86. The fraction of sp³-hybridized carbons (Fsp3) is 0.357. The Kier molecular flexibility index (Phi) is 5.43. The van der Waals surface area contributed by atoms with Crippen LogP contribution in [0.25, 0.3) is 0 Å². The number of carbonyl (C=O) groups excluding carboxylic acids is 1. The van der Waals surface area contributed by atoms with Crippen LogP contribution in [-0.4, -0.2) is 18.5 Å². The van der Waals surface area contributed by atoms with Crippen molar-refractivity contribution in [2.75, 3.05) is 6.54 Å². The molecule has 0 aliphatic carbocycles. The number of benzene rings is 1. The number of carbonyl (C=O) groups is 1. The minimum atomic E-state index is -0.0849. The monoisotopic (exact) mass is 232 g/mol. The fourth-order valence-corrected chi connectivity index (χ4v) is 1.36. The van der Waals surface area contributed by atoms with E-state index in [4.69, 9.17) is 0 Å². The van der Waals surface area contributed by atoms with Gasteiger partial charge in [-0.15, -0.1) is 0 Å². The lowest BCUT2D eigenvalue weighted by atomic mass is 10.2. The Morgan fingerprint density at radius 1 is 1.35 bits per heavy atom. The number of hydrogen-bond acceptors (Lipinski definition) is 2.